The molecule has 2 heterocycles. The Kier molecular flexibility index (Phi) is 4.81. The molecule has 0 fully saturated rings. The van der Waals surface area contributed by atoms with Gasteiger partial charge in [0, 0.05) is 38.2 Å². The minimum Gasteiger partial charge on any atom is -0.311 e. The van der Waals surface area contributed by atoms with Gasteiger partial charge in [0.05, 0.1) is 0 Å². The second kappa shape index (κ2) is 6.58. The molecule has 2 aromatic heterocycles. The standard InChI is InChI=1S/C13H15BrN4O/c1-10-17-9-12(14)13(19)18(10)6-5-16-8-11-3-2-4-15-7-11/h2-4,7,9,16H,5-6,8H2,1H3. The Hall–Kier alpha value is -1.53. The molecule has 0 aliphatic carbocycles. The van der Waals surface area contributed by atoms with E-state index in [2.05, 4.69) is 31.2 Å². The van der Waals surface area contributed by atoms with Crippen LogP contribution in [0.3, 0.4) is 0 Å². The van der Waals surface area contributed by atoms with Gasteiger partial charge in [-0.05, 0) is 34.5 Å². The molecule has 0 aliphatic rings. The normalized spacial score (nSPS) is 10.6. The first kappa shape index (κ1) is 13.9. The minimum atomic E-state index is -0.0457. The molecule has 2 aromatic rings. The van der Waals surface area contributed by atoms with Crippen molar-refractivity contribution in [2.24, 2.45) is 0 Å². The van der Waals surface area contributed by atoms with E-state index in [0.717, 1.165) is 17.9 Å². The highest BCUT2D eigenvalue weighted by molar-refractivity contribution is 9.10. The lowest BCUT2D eigenvalue weighted by Crippen LogP contribution is -2.29. The van der Waals surface area contributed by atoms with Crippen LogP contribution in [-0.2, 0) is 13.1 Å². The third kappa shape index (κ3) is 3.71. The molecule has 6 heteroatoms. The van der Waals surface area contributed by atoms with Crippen molar-refractivity contribution in [3.05, 3.63) is 56.9 Å². The van der Waals surface area contributed by atoms with Crippen molar-refractivity contribution < 1.29 is 0 Å². The van der Waals surface area contributed by atoms with Crippen LogP contribution in [0.1, 0.15) is 11.4 Å². The SMILES string of the molecule is Cc1ncc(Br)c(=O)n1CCNCc1cccnc1. The maximum absolute atomic E-state index is 11.9. The van der Waals surface area contributed by atoms with Gasteiger partial charge in [-0.3, -0.25) is 14.3 Å². The van der Waals surface area contributed by atoms with Gasteiger partial charge in [0.25, 0.3) is 5.56 Å². The number of aromatic nitrogens is 3. The van der Waals surface area contributed by atoms with Gasteiger partial charge in [0.15, 0.2) is 0 Å². The van der Waals surface area contributed by atoms with Gasteiger partial charge >= 0.3 is 0 Å². The summed E-state index contributed by atoms with van der Waals surface area (Å²) in [6, 6.07) is 3.92. The van der Waals surface area contributed by atoms with Crippen LogP contribution in [0.5, 0.6) is 0 Å². The Morgan fingerprint density at radius 2 is 2.26 bits per heavy atom. The molecule has 0 spiro atoms. The van der Waals surface area contributed by atoms with Crippen LogP contribution >= 0.6 is 15.9 Å². The van der Waals surface area contributed by atoms with E-state index in [1.807, 2.05) is 25.3 Å². The molecule has 0 unspecified atom stereocenters. The molecular formula is C13H15BrN4O. The van der Waals surface area contributed by atoms with Crippen molar-refractivity contribution in [1.29, 1.82) is 0 Å². The molecule has 19 heavy (non-hydrogen) atoms. The molecule has 0 radical (unpaired) electrons. The molecule has 5 nitrogen and oxygen atoms in total. The number of nitrogens with zero attached hydrogens (tertiary/aromatic N) is 3. The van der Waals surface area contributed by atoms with Crippen LogP contribution in [-0.4, -0.2) is 21.1 Å². The first-order valence-corrected chi connectivity index (χ1v) is 6.79. The first-order chi connectivity index (χ1) is 9.18. The summed E-state index contributed by atoms with van der Waals surface area (Å²) < 4.78 is 2.14. The number of pyridine rings is 1. The highest BCUT2D eigenvalue weighted by Crippen LogP contribution is 2.01. The van der Waals surface area contributed by atoms with Crippen LogP contribution < -0.4 is 10.9 Å². The van der Waals surface area contributed by atoms with E-state index in [4.69, 9.17) is 0 Å². The van der Waals surface area contributed by atoms with Crippen LogP contribution in [0.25, 0.3) is 0 Å². The maximum Gasteiger partial charge on any atom is 0.267 e. The van der Waals surface area contributed by atoms with Crippen molar-refractivity contribution in [2.75, 3.05) is 6.54 Å². The number of hydrogen-bond donors (Lipinski definition) is 1. The molecule has 0 bridgehead atoms. The molecule has 0 aliphatic heterocycles. The lowest BCUT2D eigenvalue weighted by atomic mass is 10.3. The largest absolute Gasteiger partial charge is 0.311 e. The van der Waals surface area contributed by atoms with Gasteiger partial charge in [-0.25, -0.2) is 4.98 Å². The van der Waals surface area contributed by atoms with Gasteiger partial charge in [0.2, 0.25) is 0 Å². The first-order valence-electron chi connectivity index (χ1n) is 6.00. The minimum absolute atomic E-state index is 0.0457. The highest BCUT2D eigenvalue weighted by Gasteiger charge is 2.04. The van der Waals surface area contributed by atoms with Crippen LogP contribution in [0.15, 0.2) is 40.0 Å². The second-order valence-electron chi connectivity index (χ2n) is 4.15. The molecule has 100 valence electrons. The fraction of sp³-hybridized carbons (Fsp3) is 0.308. The third-order valence-corrected chi connectivity index (χ3v) is 3.31. The van der Waals surface area contributed by atoms with Gasteiger partial charge in [-0.1, -0.05) is 6.07 Å². The third-order valence-electron chi connectivity index (χ3n) is 2.77. The highest BCUT2D eigenvalue weighted by atomic mass is 79.9. The molecule has 0 amide bonds. The lowest BCUT2D eigenvalue weighted by Gasteiger charge is -2.10. The quantitative estimate of drug-likeness (QED) is 0.847. The summed E-state index contributed by atoms with van der Waals surface area (Å²) in [5.74, 6) is 0.719. The van der Waals surface area contributed by atoms with E-state index in [1.165, 1.54) is 6.20 Å². The van der Waals surface area contributed by atoms with Crippen LogP contribution in [0.2, 0.25) is 0 Å². The summed E-state index contributed by atoms with van der Waals surface area (Å²) in [7, 11) is 0. The Balaban J connectivity index is 1.90. The van der Waals surface area contributed by atoms with E-state index >= 15 is 0 Å². The summed E-state index contributed by atoms with van der Waals surface area (Å²) in [4.78, 5) is 20.1. The molecule has 2 rings (SSSR count). The average Bonchev–Trinajstić information content (AvgIpc) is 2.43. The topological polar surface area (TPSA) is 59.8 Å². The van der Waals surface area contributed by atoms with Crippen molar-refractivity contribution >= 4 is 15.9 Å². The molecule has 0 saturated carbocycles. The van der Waals surface area contributed by atoms with E-state index in [-0.39, 0.29) is 5.56 Å². The predicted molar refractivity (Wildman–Crippen MR) is 76.9 cm³/mol. The zero-order valence-corrected chi connectivity index (χ0v) is 12.2. The van der Waals surface area contributed by atoms with Crippen LogP contribution in [0.4, 0.5) is 0 Å². The smallest absolute Gasteiger partial charge is 0.267 e. The molecule has 1 N–H and O–H groups in total. The molecule has 0 aromatic carbocycles. The van der Waals surface area contributed by atoms with Crippen LogP contribution in [0, 0.1) is 6.92 Å². The van der Waals surface area contributed by atoms with Crippen molar-refractivity contribution in [1.82, 2.24) is 19.9 Å². The van der Waals surface area contributed by atoms with Gasteiger partial charge in [-0.2, -0.15) is 0 Å². The average molecular weight is 323 g/mol. The Labute approximate surface area is 119 Å². The van der Waals surface area contributed by atoms with Crippen molar-refractivity contribution in [3.8, 4) is 0 Å². The zero-order valence-electron chi connectivity index (χ0n) is 10.6. The number of hydrogen-bond acceptors (Lipinski definition) is 4. The molecule has 0 saturated heterocycles. The molecule has 0 atom stereocenters. The van der Waals surface area contributed by atoms with E-state index < -0.39 is 0 Å². The number of aryl methyl sites for hydroxylation is 1. The molecular weight excluding hydrogens is 308 g/mol. The summed E-state index contributed by atoms with van der Waals surface area (Å²) in [5, 5.41) is 3.28. The number of rotatable bonds is 5. The second-order valence-corrected chi connectivity index (χ2v) is 5.00. The predicted octanol–water partition coefficient (Wildman–Crippen LogP) is 1.50. The van der Waals surface area contributed by atoms with Gasteiger partial charge in [-0.15, -0.1) is 0 Å². The summed E-state index contributed by atoms with van der Waals surface area (Å²) in [5.41, 5.74) is 1.08. The maximum atomic E-state index is 11.9. The Morgan fingerprint density at radius 1 is 1.42 bits per heavy atom. The number of nitrogens with one attached hydrogen (secondary N) is 1. The Bertz CT molecular complexity index is 597. The zero-order chi connectivity index (χ0) is 13.7. The summed E-state index contributed by atoms with van der Waals surface area (Å²) in [6.07, 6.45) is 5.11. The van der Waals surface area contributed by atoms with E-state index in [1.54, 1.807) is 10.8 Å². The number of halogens is 1. The monoisotopic (exact) mass is 322 g/mol. The van der Waals surface area contributed by atoms with Crippen molar-refractivity contribution in [2.45, 2.75) is 20.0 Å². The van der Waals surface area contributed by atoms with Gasteiger partial charge < -0.3 is 5.32 Å². The van der Waals surface area contributed by atoms with Gasteiger partial charge in [0.1, 0.15) is 10.3 Å². The van der Waals surface area contributed by atoms with E-state index in [9.17, 15) is 4.79 Å². The summed E-state index contributed by atoms with van der Waals surface area (Å²) in [6.45, 7) is 3.86. The fourth-order valence-corrected chi connectivity index (χ4v) is 2.06. The Morgan fingerprint density at radius 3 is 3.00 bits per heavy atom. The lowest BCUT2D eigenvalue weighted by molar-refractivity contribution is 0.563. The fourth-order valence-electron chi connectivity index (χ4n) is 1.74. The summed E-state index contributed by atoms with van der Waals surface area (Å²) >= 11 is 3.20. The van der Waals surface area contributed by atoms with Crippen molar-refractivity contribution in [3.63, 3.8) is 0 Å². The van der Waals surface area contributed by atoms with E-state index in [0.29, 0.717) is 17.6 Å².